The van der Waals surface area contributed by atoms with E-state index >= 15 is 0 Å². The van der Waals surface area contributed by atoms with Crippen molar-refractivity contribution in [2.75, 3.05) is 0 Å². The van der Waals surface area contributed by atoms with Gasteiger partial charge in [0.15, 0.2) is 0 Å². The molecule has 0 spiro atoms. The molecule has 2 rings (SSSR count). The summed E-state index contributed by atoms with van der Waals surface area (Å²) in [7, 11) is 0. The van der Waals surface area contributed by atoms with Crippen molar-refractivity contribution >= 4 is 0 Å². The summed E-state index contributed by atoms with van der Waals surface area (Å²) in [5, 5.41) is 0. The van der Waals surface area contributed by atoms with Gasteiger partial charge >= 0.3 is 0 Å². The Balaban J connectivity index is 2.10. The zero-order chi connectivity index (χ0) is 17.9. The van der Waals surface area contributed by atoms with Crippen LogP contribution >= 0.6 is 0 Å². The summed E-state index contributed by atoms with van der Waals surface area (Å²) in [5.74, 6) is 8.66. The molecule has 0 radical (unpaired) electrons. The largest absolute Gasteiger partial charge is 0.0651 e. The average molecular weight is 335 g/mol. The van der Waals surface area contributed by atoms with E-state index < -0.39 is 0 Å². The van der Waals surface area contributed by atoms with Gasteiger partial charge in [-0.15, -0.1) is 0 Å². The van der Waals surface area contributed by atoms with Gasteiger partial charge in [-0.2, -0.15) is 0 Å². The molecule has 2 aliphatic carbocycles. The predicted molar refractivity (Wildman–Crippen MR) is 108 cm³/mol. The minimum Gasteiger partial charge on any atom is -0.0651 e. The van der Waals surface area contributed by atoms with E-state index in [1.165, 1.54) is 51.4 Å². The summed E-state index contributed by atoms with van der Waals surface area (Å²) >= 11 is 0. The third kappa shape index (κ3) is 5.01. The fourth-order valence-electron chi connectivity index (χ4n) is 6.52. The Morgan fingerprint density at radius 2 is 1.25 bits per heavy atom. The molecule has 7 unspecified atom stereocenters. The van der Waals surface area contributed by atoms with Gasteiger partial charge in [0.05, 0.1) is 0 Å². The number of hydrogen-bond acceptors (Lipinski definition) is 0. The van der Waals surface area contributed by atoms with Crippen LogP contribution in [0.2, 0.25) is 0 Å². The Morgan fingerprint density at radius 3 is 1.79 bits per heavy atom. The molecule has 0 aliphatic heterocycles. The van der Waals surface area contributed by atoms with Crippen molar-refractivity contribution in [1.82, 2.24) is 0 Å². The third-order valence-corrected chi connectivity index (χ3v) is 7.97. The summed E-state index contributed by atoms with van der Waals surface area (Å²) in [6.45, 7) is 17.4. The van der Waals surface area contributed by atoms with E-state index in [4.69, 9.17) is 0 Å². The van der Waals surface area contributed by atoms with E-state index in [1.54, 1.807) is 0 Å². The Bertz CT molecular complexity index is 355. The number of rotatable bonds is 6. The SMILES string of the molecule is CCC(CC1CC(C)CCC1C(C)C)C1CC(C)CCC1C(C)C. The Hall–Kier alpha value is 0. The van der Waals surface area contributed by atoms with Crippen molar-refractivity contribution in [1.29, 1.82) is 0 Å². The molecule has 0 heteroatoms. The molecule has 0 aromatic heterocycles. The van der Waals surface area contributed by atoms with Crippen LogP contribution < -0.4 is 0 Å². The normalized spacial score (nSPS) is 39.4. The number of hydrogen-bond donors (Lipinski definition) is 0. The monoisotopic (exact) mass is 334 g/mol. The highest BCUT2D eigenvalue weighted by atomic mass is 14.4. The van der Waals surface area contributed by atoms with E-state index in [-0.39, 0.29) is 0 Å². The maximum absolute atomic E-state index is 2.51. The molecule has 0 saturated heterocycles. The molecule has 0 amide bonds. The zero-order valence-electron chi connectivity index (χ0n) is 17.9. The lowest BCUT2D eigenvalue weighted by Gasteiger charge is -2.45. The molecule has 2 fully saturated rings. The standard InChI is InChI=1S/C24H46/c1-8-20(24-14-19(7)10-12-23(24)17(4)5)15-21-13-18(6)9-11-22(21)16(2)3/h16-24H,8-15H2,1-7H3. The fourth-order valence-corrected chi connectivity index (χ4v) is 6.52. The van der Waals surface area contributed by atoms with Crippen LogP contribution in [0.5, 0.6) is 0 Å². The lowest BCUT2D eigenvalue weighted by Crippen LogP contribution is -2.36. The first-order valence-electron chi connectivity index (χ1n) is 11.3. The van der Waals surface area contributed by atoms with Crippen LogP contribution in [0.25, 0.3) is 0 Å². The predicted octanol–water partition coefficient (Wildman–Crippen LogP) is 7.82. The minimum atomic E-state index is 0.878. The molecular weight excluding hydrogens is 288 g/mol. The molecule has 2 aliphatic rings. The lowest BCUT2D eigenvalue weighted by molar-refractivity contribution is 0.0496. The second-order valence-electron chi connectivity index (χ2n) is 10.5. The zero-order valence-corrected chi connectivity index (χ0v) is 17.9. The van der Waals surface area contributed by atoms with Crippen molar-refractivity contribution in [3.8, 4) is 0 Å². The summed E-state index contributed by atoms with van der Waals surface area (Å²) in [6, 6.07) is 0. The van der Waals surface area contributed by atoms with Crippen LogP contribution in [0, 0.1) is 53.3 Å². The lowest BCUT2D eigenvalue weighted by atomic mass is 9.60. The van der Waals surface area contributed by atoms with Gasteiger partial charge in [0.25, 0.3) is 0 Å². The molecule has 0 N–H and O–H groups in total. The highest BCUT2D eigenvalue weighted by Gasteiger charge is 2.38. The van der Waals surface area contributed by atoms with Crippen molar-refractivity contribution in [3.63, 3.8) is 0 Å². The van der Waals surface area contributed by atoms with E-state index in [2.05, 4.69) is 48.5 Å². The van der Waals surface area contributed by atoms with Crippen LogP contribution in [0.3, 0.4) is 0 Å². The first-order chi connectivity index (χ1) is 11.3. The van der Waals surface area contributed by atoms with Crippen LogP contribution in [0.1, 0.15) is 99.8 Å². The highest BCUT2D eigenvalue weighted by molar-refractivity contribution is 4.88. The van der Waals surface area contributed by atoms with Gasteiger partial charge in [-0.3, -0.25) is 0 Å². The second-order valence-corrected chi connectivity index (χ2v) is 10.5. The van der Waals surface area contributed by atoms with Gasteiger partial charge in [-0.25, -0.2) is 0 Å². The van der Waals surface area contributed by atoms with Crippen molar-refractivity contribution < 1.29 is 0 Å². The Kier molecular flexibility index (Phi) is 7.69. The molecule has 0 bridgehead atoms. The van der Waals surface area contributed by atoms with Gasteiger partial charge in [0.2, 0.25) is 0 Å². The average Bonchev–Trinajstić information content (AvgIpc) is 2.51. The summed E-state index contributed by atoms with van der Waals surface area (Å²) in [5.41, 5.74) is 0. The second kappa shape index (κ2) is 9.09. The molecule has 24 heavy (non-hydrogen) atoms. The molecule has 2 saturated carbocycles. The van der Waals surface area contributed by atoms with Crippen LogP contribution in [0.15, 0.2) is 0 Å². The van der Waals surface area contributed by atoms with Gasteiger partial charge < -0.3 is 0 Å². The Morgan fingerprint density at radius 1 is 0.708 bits per heavy atom. The van der Waals surface area contributed by atoms with Crippen molar-refractivity contribution in [2.24, 2.45) is 53.3 Å². The Labute approximate surface area is 153 Å². The van der Waals surface area contributed by atoms with Gasteiger partial charge in [0, 0.05) is 0 Å². The van der Waals surface area contributed by atoms with E-state index in [9.17, 15) is 0 Å². The molecular formula is C24H46. The minimum absolute atomic E-state index is 0.878. The first kappa shape index (κ1) is 20.3. The van der Waals surface area contributed by atoms with E-state index in [0.29, 0.717) is 0 Å². The summed E-state index contributed by atoms with van der Waals surface area (Å²) < 4.78 is 0. The molecule has 142 valence electrons. The smallest absolute Gasteiger partial charge is 0.0352 e. The van der Waals surface area contributed by atoms with E-state index in [0.717, 1.165) is 53.3 Å². The van der Waals surface area contributed by atoms with Gasteiger partial charge in [-0.05, 0) is 85.4 Å². The third-order valence-electron chi connectivity index (χ3n) is 7.97. The first-order valence-corrected chi connectivity index (χ1v) is 11.3. The van der Waals surface area contributed by atoms with Gasteiger partial charge in [-0.1, -0.05) is 67.7 Å². The maximum Gasteiger partial charge on any atom is -0.0352 e. The highest BCUT2D eigenvalue weighted by Crippen LogP contribution is 2.48. The summed E-state index contributed by atoms with van der Waals surface area (Å²) in [4.78, 5) is 0. The van der Waals surface area contributed by atoms with Crippen molar-refractivity contribution in [2.45, 2.75) is 99.8 Å². The van der Waals surface area contributed by atoms with Crippen molar-refractivity contribution in [3.05, 3.63) is 0 Å². The molecule has 0 heterocycles. The molecule has 0 aromatic rings. The maximum atomic E-state index is 2.51. The van der Waals surface area contributed by atoms with Crippen LogP contribution in [-0.4, -0.2) is 0 Å². The molecule has 0 aromatic carbocycles. The summed E-state index contributed by atoms with van der Waals surface area (Å²) in [6.07, 6.45) is 11.9. The van der Waals surface area contributed by atoms with Crippen LogP contribution in [-0.2, 0) is 0 Å². The van der Waals surface area contributed by atoms with Crippen LogP contribution in [0.4, 0.5) is 0 Å². The quantitative estimate of drug-likeness (QED) is 0.464. The fraction of sp³-hybridized carbons (Fsp3) is 1.00. The molecule has 0 nitrogen and oxygen atoms in total. The molecule has 7 atom stereocenters. The van der Waals surface area contributed by atoms with E-state index in [1.807, 2.05) is 0 Å². The topological polar surface area (TPSA) is 0 Å². The van der Waals surface area contributed by atoms with Gasteiger partial charge in [0.1, 0.15) is 0 Å².